The van der Waals surface area contributed by atoms with Crippen LogP contribution in [0.4, 0.5) is 0 Å². The first kappa shape index (κ1) is 24.9. The van der Waals surface area contributed by atoms with Crippen molar-refractivity contribution in [1.82, 2.24) is 5.32 Å². The van der Waals surface area contributed by atoms with E-state index in [1.807, 2.05) is 0 Å². The molecule has 32 heavy (non-hydrogen) atoms. The number of carbonyl (C=O) groups excluding carboxylic acids is 4. The summed E-state index contributed by atoms with van der Waals surface area (Å²) >= 11 is 0. The summed E-state index contributed by atoms with van der Waals surface area (Å²) in [6.45, 7) is 4.51. The van der Waals surface area contributed by atoms with Gasteiger partial charge in [-0.3, -0.25) is 19.2 Å². The van der Waals surface area contributed by atoms with Crippen molar-refractivity contribution in [3.05, 3.63) is 30.4 Å². The maximum Gasteiger partial charge on any atom is 0.303 e. The molecule has 1 aromatic carbocycles. The number of methoxy groups -OCH3 is 2. The molecule has 1 aromatic rings. The van der Waals surface area contributed by atoms with Crippen molar-refractivity contribution >= 4 is 23.8 Å². The van der Waals surface area contributed by atoms with Gasteiger partial charge in [0.15, 0.2) is 12.2 Å². The van der Waals surface area contributed by atoms with Crippen LogP contribution in [-0.2, 0) is 33.3 Å². The van der Waals surface area contributed by atoms with Gasteiger partial charge in [0.25, 0.3) is 5.91 Å². The van der Waals surface area contributed by atoms with Crippen molar-refractivity contribution in [2.45, 2.75) is 45.1 Å². The van der Waals surface area contributed by atoms with Crippen LogP contribution >= 0.6 is 0 Å². The van der Waals surface area contributed by atoms with Crippen LogP contribution in [0.5, 0.6) is 11.5 Å². The predicted octanol–water partition coefficient (Wildman–Crippen LogP) is 0.789. The molecule has 1 heterocycles. The Balaban J connectivity index is 2.36. The average molecular weight is 452 g/mol. The predicted molar refractivity (Wildman–Crippen MR) is 108 cm³/mol. The van der Waals surface area contributed by atoms with Gasteiger partial charge in [-0.1, -0.05) is 0 Å². The third-order valence-electron chi connectivity index (χ3n) is 4.43. The highest BCUT2D eigenvalue weighted by Gasteiger charge is 2.46. The second-order valence-electron chi connectivity index (χ2n) is 6.86. The van der Waals surface area contributed by atoms with E-state index >= 15 is 0 Å². The molecule has 11 heteroatoms. The van der Waals surface area contributed by atoms with Gasteiger partial charge in [0, 0.05) is 32.4 Å². The summed E-state index contributed by atoms with van der Waals surface area (Å²) in [6, 6.07) is 3.52. The summed E-state index contributed by atoms with van der Waals surface area (Å²) in [5, 5.41) is 2.71. The average Bonchev–Trinajstić information content (AvgIpc) is 2.73. The number of amides is 1. The van der Waals surface area contributed by atoms with Gasteiger partial charge in [-0.15, -0.1) is 0 Å². The minimum Gasteiger partial charge on any atom is -0.497 e. The summed E-state index contributed by atoms with van der Waals surface area (Å²) < 4.78 is 31.4. The zero-order valence-electron chi connectivity index (χ0n) is 18.4. The molecule has 1 radical (unpaired) electrons. The molecule has 11 nitrogen and oxygen atoms in total. The monoisotopic (exact) mass is 452 g/mol. The van der Waals surface area contributed by atoms with E-state index in [4.69, 9.17) is 28.4 Å². The molecule has 0 aliphatic carbocycles. The second-order valence-corrected chi connectivity index (χ2v) is 6.86. The number of carbonyl (C=O) groups is 4. The highest BCUT2D eigenvalue weighted by Crippen LogP contribution is 2.26. The maximum atomic E-state index is 13.0. The van der Waals surface area contributed by atoms with Crippen LogP contribution in [0, 0.1) is 6.61 Å². The molecular weight excluding hydrogens is 426 g/mol. The molecule has 0 saturated carbocycles. The van der Waals surface area contributed by atoms with E-state index in [0.717, 1.165) is 0 Å². The summed E-state index contributed by atoms with van der Waals surface area (Å²) in [7, 11) is 2.88. The van der Waals surface area contributed by atoms with Crippen LogP contribution < -0.4 is 14.8 Å². The molecule has 0 unspecified atom stereocenters. The quantitative estimate of drug-likeness (QED) is 0.445. The summed E-state index contributed by atoms with van der Waals surface area (Å²) in [5.41, 5.74) is 0.187. The van der Waals surface area contributed by atoms with Gasteiger partial charge in [0.2, 0.25) is 0 Å². The lowest BCUT2D eigenvalue weighted by Gasteiger charge is -2.41. The van der Waals surface area contributed by atoms with Gasteiger partial charge in [0.1, 0.15) is 36.9 Å². The molecule has 1 saturated heterocycles. The van der Waals surface area contributed by atoms with Crippen LogP contribution in [0.1, 0.15) is 31.1 Å². The summed E-state index contributed by atoms with van der Waals surface area (Å²) in [5.74, 6) is -1.69. The minimum atomic E-state index is -1.13. The summed E-state index contributed by atoms with van der Waals surface area (Å²) in [6.07, 6.45) is -3.15. The van der Waals surface area contributed by atoms with E-state index in [1.54, 1.807) is 6.07 Å². The molecule has 1 aliphatic heterocycles. The van der Waals surface area contributed by atoms with E-state index in [1.165, 1.54) is 53.7 Å². The number of rotatable bonds is 8. The smallest absolute Gasteiger partial charge is 0.303 e. The molecule has 175 valence electrons. The van der Waals surface area contributed by atoms with Gasteiger partial charge in [-0.2, -0.15) is 0 Å². The number of esters is 3. The van der Waals surface area contributed by atoms with Gasteiger partial charge in [-0.05, 0) is 12.1 Å². The molecule has 0 spiro atoms. The Labute approximate surface area is 185 Å². The Morgan fingerprint density at radius 1 is 0.906 bits per heavy atom. The van der Waals surface area contributed by atoms with Gasteiger partial charge >= 0.3 is 17.9 Å². The number of ether oxygens (including phenoxy) is 6. The number of benzene rings is 1. The van der Waals surface area contributed by atoms with Crippen LogP contribution in [0.3, 0.4) is 0 Å². The lowest BCUT2D eigenvalue weighted by atomic mass is 9.96. The molecule has 1 aliphatic rings. The highest BCUT2D eigenvalue weighted by molar-refractivity contribution is 5.95. The van der Waals surface area contributed by atoms with Crippen molar-refractivity contribution in [3.63, 3.8) is 0 Å². The molecule has 1 fully saturated rings. The Morgan fingerprint density at radius 2 is 1.50 bits per heavy atom. The summed E-state index contributed by atoms with van der Waals surface area (Å²) in [4.78, 5) is 47.6. The fraction of sp³-hybridized carbons (Fsp3) is 0.476. The van der Waals surface area contributed by atoms with Crippen molar-refractivity contribution in [1.29, 1.82) is 0 Å². The van der Waals surface area contributed by atoms with Crippen molar-refractivity contribution in [3.8, 4) is 11.5 Å². The van der Waals surface area contributed by atoms with Crippen molar-refractivity contribution < 1.29 is 47.6 Å². The lowest BCUT2D eigenvalue weighted by molar-refractivity contribution is -0.184. The van der Waals surface area contributed by atoms with Crippen LogP contribution in [0.25, 0.3) is 0 Å². The van der Waals surface area contributed by atoms with E-state index in [0.29, 0.717) is 11.5 Å². The van der Waals surface area contributed by atoms with E-state index in [2.05, 4.69) is 5.32 Å². The molecule has 0 bridgehead atoms. The molecular formula is C21H26NO10. The first-order valence-corrected chi connectivity index (χ1v) is 9.65. The first-order valence-electron chi connectivity index (χ1n) is 9.65. The van der Waals surface area contributed by atoms with E-state index < -0.39 is 48.2 Å². The molecule has 1 amide bonds. The fourth-order valence-electron chi connectivity index (χ4n) is 3.06. The topological polar surface area (TPSA) is 136 Å². The van der Waals surface area contributed by atoms with Crippen LogP contribution in [0.15, 0.2) is 18.2 Å². The fourth-order valence-corrected chi connectivity index (χ4v) is 3.06. The molecule has 4 atom stereocenters. The minimum absolute atomic E-state index is 0.187. The number of hydrogen-bond acceptors (Lipinski definition) is 10. The van der Waals surface area contributed by atoms with Gasteiger partial charge < -0.3 is 33.7 Å². The van der Waals surface area contributed by atoms with Crippen molar-refractivity contribution in [2.24, 2.45) is 0 Å². The third kappa shape index (κ3) is 6.84. The van der Waals surface area contributed by atoms with Gasteiger partial charge in [0.05, 0.1) is 14.2 Å². The van der Waals surface area contributed by atoms with E-state index in [-0.39, 0.29) is 12.2 Å². The number of hydrogen-bond donors (Lipinski definition) is 1. The maximum absolute atomic E-state index is 13.0. The van der Waals surface area contributed by atoms with Crippen LogP contribution in [0.2, 0.25) is 0 Å². The Hall–Kier alpha value is -3.34. The Bertz CT molecular complexity index is 833. The Morgan fingerprint density at radius 3 is 2.00 bits per heavy atom. The first-order chi connectivity index (χ1) is 15.1. The van der Waals surface area contributed by atoms with Crippen LogP contribution in [-0.4, -0.2) is 69.0 Å². The zero-order valence-corrected chi connectivity index (χ0v) is 18.4. The lowest BCUT2D eigenvalue weighted by Crippen LogP contribution is -2.62. The number of nitrogens with one attached hydrogen (secondary N) is 1. The standard InChI is InChI=1S/C21H26NO10/c1-11(23)29-10-18-20(32-13(3)25)19(17(9-30-18)31-12(2)24)22-21(26)14-6-15(27-4)8-16(7-14)28-5/h6-9,17-20H,10H2,1-5H3,(H,22,26)/t17-,18+,19-,20-/m0/s1. The normalized spacial score (nSPS) is 22.3. The molecule has 1 N–H and O–H groups in total. The Kier molecular flexibility index (Phi) is 8.82. The SMILES string of the molecule is COc1cc(OC)cc(C(=O)N[C@@H]2[C@@H](OC(C)=O)[C@@H](COC(C)=O)O[CH][C@@H]2OC(C)=O)c1. The molecule has 2 rings (SSSR count). The van der Waals surface area contributed by atoms with E-state index in [9.17, 15) is 19.2 Å². The second kappa shape index (κ2) is 11.3. The largest absolute Gasteiger partial charge is 0.497 e. The van der Waals surface area contributed by atoms with Gasteiger partial charge in [-0.25, -0.2) is 0 Å². The third-order valence-corrected chi connectivity index (χ3v) is 4.43. The van der Waals surface area contributed by atoms with Crippen molar-refractivity contribution in [2.75, 3.05) is 20.8 Å². The zero-order chi connectivity index (χ0) is 23.8. The highest BCUT2D eigenvalue weighted by atomic mass is 16.6. The molecule has 0 aromatic heterocycles.